The smallest absolute Gasteiger partial charge is 0.262 e. The zero-order valence-corrected chi connectivity index (χ0v) is 17.7. The fraction of sp³-hybridized carbons (Fsp3) is 0.0909. The van der Waals surface area contributed by atoms with Gasteiger partial charge in [0.15, 0.2) is 0 Å². The summed E-state index contributed by atoms with van der Waals surface area (Å²) in [5.41, 5.74) is 2.60. The molecule has 0 saturated carbocycles. The first-order valence-corrected chi connectivity index (χ1v) is 10.9. The molecule has 1 aromatic heterocycles. The summed E-state index contributed by atoms with van der Waals surface area (Å²) < 4.78 is 33.5. The van der Waals surface area contributed by atoms with Crippen molar-refractivity contribution in [1.29, 1.82) is 0 Å². The van der Waals surface area contributed by atoms with Crippen molar-refractivity contribution in [2.45, 2.75) is 11.8 Å². The Bertz CT molecular complexity index is 1330. The number of methoxy groups -OCH3 is 1. The van der Waals surface area contributed by atoms with E-state index in [4.69, 9.17) is 4.74 Å². The molecule has 0 aliphatic heterocycles. The standard InChI is InChI=1S/C22H20N4O4S/c1-14-7-8-15(21(27)25-22-23-18-5-3-4-6-19(18)24-22)13-20(14)31(28,29)26-16-9-11-17(30-2)12-10-16/h3-13,26H,1-2H3,(H2,23,24,25,27). The number of aromatic nitrogens is 2. The van der Waals surface area contributed by atoms with E-state index >= 15 is 0 Å². The average molecular weight is 436 g/mol. The lowest BCUT2D eigenvalue weighted by Gasteiger charge is -2.12. The summed E-state index contributed by atoms with van der Waals surface area (Å²) in [6, 6.07) is 18.4. The predicted octanol–water partition coefficient (Wildman–Crippen LogP) is 3.93. The van der Waals surface area contributed by atoms with Crippen molar-refractivity contribution in [3.05, 3.63) is 77.9 Å². The molecule has 0 atom stereocenters. The maximum Gasteiger partial charge on any atom is 0.262 e. The number of imidazole rings is 1. The van der Waals surface area contributed by atoms with Crippen LogP contribution in [-0.4, -0.2) is 31.4 Å². The van der Waals surface area contributed by atoms with Crippen LogP contribution in [0, 0.1) is 6.92 Å². The lowest BCUT2D eigenvalue weighted by Crippen LogP contribution is -2.17. The van der Waals surface area contributed by atoms with Crippen molar-refractivity contribution in [1.82, 2.24) is 9.97 Å². The molecular formula is C22H20N4O4S. The number of carbonyl (C=O) groups is 1. The number of ether oxygens (including phenoxy) is 1. The number of benzene rings is 3. The molecule has 1 amide bonds. The summed E-state index contributed by atoms with van der Waals surface area (Å²) in [5, 5.41) is 2.67. The van der Waals surface area contributed by atoms with Crippen LogP contribution < -0.4 is 14.8 Å². The van der Waals surface area contributed by atoms with E-state index in [0.29, 0.717) is 22.5 Å². The highest BCUT2D eigenvalue weighted by molar-refractivity contribution is 7.92. The van der Waals surface area contributed by atoms with Crippen LogP contribution in [0.4, 0.5) is 11.6 Å². The molecule has 0 radical (unpaired) electrons. The molecular weight excluding hydrogens is 416 g/mol. The summed E-state index contributed by atoms with van der Waals surface area (Å²) in [5.74, 6) is 0.427. The Kier molecular flexibility index (Phi) is 5.35. The molecule has 4 rings (SSSR count). The van der Waals surface area contributed by atoms with Gasteiger partial charge < -0.3 is 9.72 Å². The normalized spacial score (nSPS) is 11.3. The van der Waals surface area contributed by atoms with Crippen LogP contribution in [0.1, 0.15) is 15.9 Å². The first-order valence-electron chi connectivity index (χ1n) is 9.39. The number of hydrogen-bond donors (Lipinski definition) is 3. The fourth-order valence-electron chi connectivity index (χ4n) is 3.09. The lowest BCUT2D eigenvalue weighted by molar-refractivity contribution is 0.102. The van der Waals surface area contributed by atoms with E-state index in [1.165, 1.54) is 13.2 Å². The van der Waals surface area contributed by atoms with Crippen molar-refractivity contribution in [2.75, 3.05) is 17.1 Å². The van der Waals surface area contributed by atoms with Crippen molar-refractivity contribution >= 4 is 38.6 Å². The Labute approximate surface area is 179 Å². The highest BCUT2D eigenvalue weighted by atomic mass is 32.2. The second-order valence-corrected chi connectivity index (χ2v) is 8.52. The predicted molar refractivity (Wildman–Crippen MR) is 119 cm³/mol. The highest BCUT2D eigenvalue weighted by Gasteiger charge is 2.20. The number of sulfonamides is 1. The van der Waals surface area contributed by atoms with Crippen LogP contribution in [0.15, 0.2) is 71.6 Å². The number of aromatic amines is 1. The minimum absolute atomic E-state index is 0.0144. The maximum absolute atomic E-state index is 12.9. The Morgan fingerprint density at radius 2 is 1.77 bits per heavy atom. The first kappa shape index (κ1) is 20.4. The van der Waals surface area contributed by atoms with E-state index in [1.807, 2.05) is 24.3 Å². The SMILES string of the molecule is COc1ccc(NS(=O)(=O)c2cc(C(=O)Nc3nc4ccccc4[nH]3)ccc2C)cc1. The number of para-hydroxylation sites is 2. The number of nitrogens with one attached hydrogen (secondary N) is 3. The molecule has 31 heavy (non-hydrogen) atoms. The highest BCUT2D eigenvalue weighted by Crippen LogP contribution is 2.23. The van der Waals surface area contributed by atoms with Gasteiger partial charge >= 0.3 is 0 Å². The van der Waals surface area contributed by atoms with E-state index in [9.17, 15) is 13.2 Å². The third-order valence-electron chi connectivity index (χ3n) is 4.70. The van der Waals surface area contributed by atoms with Gasteiger partial charge in [0.25, 0.3) is 15.9 Å². The molecule has 8 nitrogen and oxygen atoms in total. The topological polar surface area (TPSA) is 113 Å². The van der Waals surface area contributed by atoms with Gasteiger partial charge in [0.1, 0.15) is 5.75 Å². The zero-order chi connectivity index (χ0) is 22.0. The molecule has 3 N–H and O–H groups in total. The van der Waals surface area contributed by atoms with Crippen LogP contribution in [0.5, 0.6) is 5.75 Å². The third-order valence-corrected chi connectivity index (χ3v) is 6.23. The van der Waals surface area contributed by atoms with Crippen LogP contribution in [-0.2, 0) is 10.0 Å². The lowest BCUT2D eigenvalue weighted by atomic mass is 10.1. The van der Waals surface area contributed by atoms with Crippen molar-refractivity contribution in [3.63, 3.8) is 0 Å². The largest absolute Gasteiger partial charge is 0.497 e. The van der Waals surface area contributed by atoms with Gasteiger partial charge in [-0.25, -0.2) is 13.4 Å². The molecule has 0 spiro atoms. The molecule has 0 aliphatic rings. The van der Waals surface area contributed by atoms with Crippen LogP contribution in [0.25, 0.3) is 11.0 Å². The van der Waals surface area contributed by atoms with Crippen LogP contribution in [0.2, 0.25) is 0 Å². The molecule has 0 bridgehead atoms. The zero-order valence-electron chi connectivity index (χ0n) is 16.8. The molecule has 0 unspecified atom stereocenters. The molecule has 3 aromatic carbocycles. The van der Waals surface area contributed by atoms with Crippen LogP contribution >= 0.6 is 0 Å². The summed E-state index contributed by atoms with van der Waals surface area (Å²) in [6.07, 6.45) is 0. The van der Waals surface area contributed by atoms with E-state index in [2.05, 4.69) is 20.0 Å². The summed E-state index contributed by atoms with van der Waals surface area (Å²) in [6.45, 7) is 1.67. The molecule has 158 valence electrons. The first-order chi connectivity index (χ1) is 14.9. The number of amides is 1. The number of nitrogens with zero attached hydrogens (tertiary/aromatic N) is 1. The Morgan fingerprint density at radius 3 is 2.48 bits per heavy atom. The number of aryl methyl sites for hydroxylation is 1. The average Bonchev–Trinajstić information content (AvgIpc) is 3.16. The Hall–Kier alpha value is -3.85. The Balaban J connectivity index is 1.58. The quantitative estimate of drug-likeness (QED) is 0.424. The summed E-state index contributed by atoms with van der Waals surface area (Å²) >= 11 is 0. The number of fused-ring (bicyclic) bond motifs is 1. The number of rotatable bonds is 6. The second-order valence-electron chi connectivity index (χ2n) is 6.87. The summed E-state index contributed by atoms with van der Waals surface area (Å²) in [7, 11) is -2.38. The van der Waals surface area contributed by atoms with Crippen molar-refractivity contribution in [3.8, 4) is 5.75 Å². The van der Waals surface area contributed by atoms with Gasteiger partial charge in [-0.1, -0.05) is 18.2 Å². The van der Waals surface area contributed by atoms with Crippen molar-refractivity contribution in [2.24, 2.45) is 0 Å². The van der Waals surface area contributed by atoms with Gasteiger partial charge in [0, 0.05) is 11.3 Å². The molecule has 9 heteroatoms. The van der Waals surface area contributed by atoms with Crippen molar-refractivity contribution < 1.29 is 17.9 Å². The Morgan fingerprint density at radius 1 is 1.03 bits per heavy atom. The van der Waals surface area contributed by atoms with Gasteiger partial charge in [-0.05, 0) is 61.0 Å². The molecule has 0 aliphatic carbocycles. The number of carbonyl (C=O) groups excluding carboxylic acids is 1. The fourth-order valence-corrected chi connectivity index (χ4v) is 4.42. The van der Waals surface area contributed by atoms with E-state index in [1.54, 1.807) is 43.3 Å². The van der Waals surface area contributed by atoms with Gasteiger partial charge in [-0.15, -0.1) is 0 Å². The molecule has 1 heterocycles. The number of anilines is 2. The summed E-state index contributed by atoms with van der Waals surface area (Å²) in [4.78, 5) is 20.0. The van der Waals surface area contributed by atoms with Gasteiger partial charge in [-0.2, -0.15) is 0 Å². The van der Waals surface area contributed by atoms with Gasteiger partial charge in [0.05, 0.1) is 23.0 Å². The van der Waals surface area contributed by atoms with E-state index < -0.39 is 15.9 Å². The number of H-pyrrole nitrogens is 1. The monoisotopic (exact) mass is 436 g/mol. The van der Waals surface area contributed by atoms with E-state index in [-0.39, 0.29) is 16.4 Å². The minimum Gasteiger partial charge on any atom is -0.497 e. The molecule has 0 fully saturated rings. The molecule has 0 saturated heterocycles. The third kappa shape index (κ3) is 4.36. The van der Waals surface area contributed by atoms with E-state index in [0.717, 1.165) is 5.52 Å². The second kappa shape index (κ2) is 8.11. The minimum atomic E-state index is -3.91. The molecule has 4 aromatic rings. The van der Waals surface area contributed by atoms with Gasteiger partial charge in [0.2, 0.25) is 5.95 Å². The van der Waals surface area contributed by atoms with Gasteiger partial charge in [-0.3, -0.25) is 14.8 Å². The number of hydrogen-bond acceptors (Lipinski definition) is 5. The van der Waals surface area contributed by atoms with Crippen LogP contribution in [0.3, 0.4) is 0 Å². The maximum atomic E-state index is 12.9.